The van der Waals surface area contributed by atoms with E-state index in [-0.39, 0.29) is 0 Å². The molecule has 3 aromatic rings. The van der Waals surface area contributed by atoms with Crippen molar-refractivity contribution in [2.45, 2.75) is 39.5 Å². The zero-order valence-electron chi connectivity index (χ0n) is 15.4. The smallest absolute Gasteiger partial charge is 0.0165 e. The van der Waals surface area contributed by atoms with Crippen LogP contribution in [0.15, 0.2) is 60.7 Å². The Balaban J connectivity index is 1.60. The Hall–Kier alpha value is -0.880. The van der Waals surface area contributed by atoms with E-state index in [9.17, 15) is 0 Å². The van der Waals surface area contributed by atoms with Crippen molar-refractivity contribution in [2.75, 3.05) is 0 Å². The van der Waals surface area contributed by atoms with Crippen molar-refractivity contribution in [2.24, 2.45) is 0 Å². The van der Waals surface area contributed by atoms with Crippen LogP contribution < -0.4 is 0 Å². The molecule has 0 nitrogen and oxygen atoms in total. The molecule has 0 atom stereocenters. The number of hydrogen-bond acceptors (Lipinski definition) is 0. The van der Waals surface area contributed by atoms with Crippen LogP contribution in [0, 0.1) is 21.0 Å². The SMILES string of the molecule is Cc1ccc(CCc2ccc(CCc3ccc(C)cc3I)c(I)c2)cc1. The predicted molar refractivity (Wildman–Crippen MR) is 129 cm³/mol. The van der Waals surface area contributed by atoms with Gasteiger partial charge in [0.1, 0.15) is 0 Å². The summed E-state index contributed by atoms with van der Waals surface area (Å²) in [5.74, 6) is 0. The lowest BCUT2D eigenvalue weighted by Crippen LogP contribution is -1.99. The molecule has 0 aromatic heterocycles. The first-order valence-corrected chi connectivity index (χ1v) is 11.2. The van der Waals surface area contributed by atoms with Crippen molar-refractivity contribution in [3.05, 3.63) is 101 Å². The maximum atomic E-state index is 2.50. The molecule has 3 aromatic carbocycles. The van der Waals surface area contributed by atoms with Crippen molar-refractivity contribution in [3.63, 3.8) is 0 Å². The van der Waals surface area contributed by atoms with Gasteiger partial charge in [0.2, 0.25) is 0 Å². The van der Waals surface area contributed by atoms with Gasteiger partial charge in [-0.2, -0.15) is 0 Å². The van der Waals surface area contributed by atoms with E-state index in [2.05, 4.69) is 120 Å². The molecule has 2 heteroatoms. The van der Waals surface area contributed by atoms with Gasteiger partial charge in [-0.25, -0.2) is 0 Å². The van der Waals surface area contributed by atoms with Crippen molar-refractivity contribution < 1.29 is 0 Å². The third-order valence-corrected chi connectivity index (χ3v) is 6.82. The van der Waals surface area contributed by atoms with Crippen molar-refractivity contribution in [3.8, 4) is 0 Å². The summed E-state index contributed by atoms with van der Waals surface area (Å²) < 4.78 is 2.78. The number of aryl methyl sites for hydroxylation is 6. The molecule has 0 N–H and O–H groups in total. The Bertz CT molecular complexity index is 879. The number of halogens is 2. The standard InChI is InChI=1S/C24H24I2/c1-17-3-6-19(7-4-17)8-9-20-10-12-22(24(26)16-20)14-13-21-11-5-18(2)15-23(21)25/h3-7,10-12,15-16H,8-9,13-14H2,1-2H3. The lowest BCUT2D eigenvalue weighted by molar-refractivity contribution is 0.930. The molecular weight excluding hydrogens is 542 g/mol. The second kappa shape index (κ2) is 9.36. The number of benzene rings is 3. The maximum Gasteiger partial charge on any atom is 0.0165 e. The molecule has 0 bridgehead atoms. The zero-order chi connectivity index (χ0) is 18.5. The highest BCUT2D eigenvalue weighted by molar-refractivity contribution is 14.1. The predicted octanol–water partition coefficient (Wildman–Crippen LogP) is 7.08. The third kappa shape index (κ3) is 5.56. The summed E-state index contributed by atoms with van der Waals surface area (Å²) in [6, 6.07) is 22.7. The fourth-order valence-electron chi connectivity index (χ4n) is 3.12. The van der Waals surface area contributed by atoms with Crippen LogP contribution in [0.2, 0.25) is 0 Å². The molecule has 0 amide bonds. The molecule has 0 aliphatic rings. The van der Waals surface area contributed by atoms with E-state index < -0.39 is 0 Å². The summed E-state index contributed by atoms with van der Waals surface area (Å²) in [4.78, 5) is 0. The molecule has 3 rings (SSSR count). The third-order valence-electron chi connectivity index (χ3n) is 4.81. The largest absolute Gasteiger partial charge is 0.0591 e. The summed E-state index contributed by atoms with van der Waals surface area (Å²) in [7, 11) is 0. The highest BCUT2D eigenvalue weighted by Crippen LogP contribution is 2.21. The normalized spacial score (nSPS) is 10.9. The molecule has 0 fully saturated rings. The van der Waals surface area contributed by atoms with E-state index in [1.54, 1.807) is 0 Å². The van der Waals surface area contributed by atoms with Gasteiger partial charge in [0, 0.05) is 7.14 Å². The van der Waals surface area contributed by atoms with Crippen LogP contribution in [0.25, 0.3) is 0 Å². The number of hydrogen-bond donors (Lipinski definition) is 0. The monoisotopic (exact) mass is 566 g/mol. The number of rotatable bonds is 6. The molecular formula is C24H24I2. The molecule has 0 unspecified atom stereocenters. The van der Waals surface area contributed by atoms with Gasteiger partial charge < -0.3 is 0 Å². The van der Waals surface area contributed by atoms with E-state index >= 15 is 0 Å². The van der Waals surface area contributed by atoms with Gasteiger partial charge in [-0.1, -0.05) is 59.7 Å². The van der Waals surface area contributed by atoms with Crippen LogP contribution in [-0.2, 0) is 25.7 Å². The summed E-state index contributed by atoms with van der Waals surface area (Å²) >= 11 is 4.96. The topological polar surface area (TPSA) is 0 Å². The Morgan fingerprint density at radius 3 is 1.65 bits per heavy atom. The molecule has 0 aliphatic heterocycles. The van der Waals surface area contributed by atoms with E-state index in [1.165, 1.54) is 40.5 Å². The summed E-state index contributed by atoms with van der Waals surface area (Å²) in [5.41, 5.74) is 8.44. The van der Waals surface area contributed by atoms with Crippen molar-refractivity contribution >= 4 is 45.2 Å². The molecule has 0 saturated heterocycles. The Morgan fingerprint density at radius 1 is 0.538 bits per heavy atom. The summed E-state index contributed by atoms with van der Waals surface area (Å²) in [5, 5.41) is 0. The quantitative estimate of drug-likeness (QED) is 0.280. The van der Waals surface area contributed by atoms with Crippen molar-refractivity contribution in [1.29, 1.82) is 0 Å². The van der Waals surface area contributed by atoms with Gasteiger partial charge in [-0.05, 0) is 119 Å². The van der Waals surface area contributed by atoms with Gasteiger partial charge >= 0.3 is 0 Å². The first-order chi connectivity index (χ1) is 12.5. The van der Waals surface area contributed by atoms with E-state index in [4.69, 9.17) is 0 Å². The van der Waals surface area contributed by atoms with Crippen LogP contribution in [0.1, 0.15) is 33.4 Å². The summed E-state index contributed by atoms with van der Waals surface area (Å²) in [6.45, 7) is 4.30. The highest BCUT2D eigenvalue weighted by Gasteiger charge is 2.05. The average Bonchev–Trinajstić information content (AvgIpc) is 2.62. The lowest BCUT2D eigenvalue weighted by Gasteiger charge is -2.10. The van der Waals surface area contributed by atoms with Gasteiger partial charge in [-0.3, -0.25) is 0 Å². The van der Waals surface area contributed by atoms with Gasteiger partial charge in [0.15, 0.2) is 0 Å². The molecule has 134 valence electrons. The molecule has 0 heterocycles. The van der Waals surface area contributed by atoms with E-state index in [0.29, 0.717) is 0 Å². The Labute approximate surface area is 184 Å². The molecule has 0 spiro atoms. The minimum Gasteiger partial charge on any atom is -0.0591 e. The van der Waals surface area contributed by atoms with Crippen LogP contribution in [0.4, 0.5) is 0 Å². The van der Waals surface area contributed by atoms with Gasteiger partial charge in [0.25, 0.3) is 0 Å². The van der Waals surface area contributed by atoms with Gasteiger partial charge in [0.05, 0.1) is 0 Å². The second-order valence-electron chi connectivity index (χ2n) is 7.01. The van der Waals surface area contributed by atoms with Crippen LogP contribution in [0.3, 0.4) is 0 Å². The first kappa shape index (κ1) is 19.9. The lowest BCUT2D eigenvalue weighted by atomic mass is 9.99. The molecule has 26 heavy (non-hydrogen) atoms. The van der Waals surface area contributed by atoms with Crippen LogP contribution >= 0.6 is 45.2 Å². The fraction of sp³-hybridized carbons (Fsp3) is 0.250. The van der Waals surface area contributed by atoms with E-state index in [1.807, 2.05) is 0 Å². The maximum absolute atomic E-state index is 2.50. The summed E-state index contributed by atoms with van der Waals surface area (Å²) in [6.07, 6.45) is 4.43. The Kier molecular flexibility index (Phi) is 7.15. The minimum absolute atomic E-state index is 1.11. The minimum atomic E-state index is 1.11. The Morgan fingerprint density at radius 2 is 1.04 bits per heavy atom. The second-order valence-corrected chi connectivity index (χ2v) is 9.33. The van der Waals surface area contributed by atoms with Gasteiger partial charge in [-0.15, -0.1) is 0 Å². The van der Waals surface area contributed by atoms with Crippen LogP contribution in [0.5, 0.6) is 0 Å². The zero-order valence-corrected chi connectivity index (χ0v) is 19.7. The molecule has 0 radical (unpaired) electrons. The van der Waals surface area contributed by atoms with Crippen molar-refractivity contribution in [1.82, 2.24) is 0 Å². The van der Waals surface area contributed by atoms with E-state index in [0.717, 1.165) is 25.7 Å². The fourth-order valence-corrected chi connectivity index (χ4v) is 4.91. The molecule has 0 aliphatic carbocycles. The van der Waals surface area contributed by atoms with Crippen LogP contribution in [-0.4, -0.2) is 0 Å². The first-order valence-electron chi connectivity index (χ1n) is 9.09. The molecule has 0 saturated carbocycles. The highest BCUT2D eigenvalue weighted by atomic mass is 127. The average molecular weight is 566 g/mol.